The monoisotopic (exact) mass is 206 g/mol. The quantitative estimate of drug-likeness (QED) is 0.820. The highest BCUT2D eigenvalue weighted by Crippen LogP contribution is 2.18. The first-order valence-corrected chi connectivity index (χ1v) is 5.01. The van der Waals surface area contributed by atoms with E-state index >= 15 is 0 Å². The van der Waals surface area contributed by atoms with E-state index in [4.69, 9.17) is 0 Å². The van der Waals surface area contributed by atoms with Crippen molar-refractivity contribution in [3.05, 3.63) is 29.3 Å². The fraction of sp³-hybridized carbons (Fsp3) is 0.417. The second-order valence-electron chi connectivity index (χ2n) is 4.08. The molecule has 1 N–H and O–H groups in total. The molecule has 3 nitrogen and oxygen atoms in total. The second kappa shape index (κ2) is 4.94. The molecule has 0 aliphatic carbocycles. The van der Waals surface area contributed by atoms with Crippen molar-refractivity contribution in [3.63, 3.8) is 0 Å². The Hall–Kier alpha value is -1.35. The van der Waals surface area contributed by atoms with Crippen LogP contribution >= 0.6 is 0 Å². The van der Waals surface area contributed by atoms with E-state index in [2.05, 4.69) is 23.2 Å². The molecule has 1 amide bonds. The van der Waals surface area contributed by atoms with Crippen molar-refractivity contribution in [2.45, 2.75) is 20.4 Å². The summed E-state index contributed by atoms with van der Waals surface area (Å²) in [6.07, 6.45) is 0. The molecule has 0 unspecified atom stereocenters. The van der Waals surface area contributed by atoms with Crippen LogP contribution in [0.2, 0.25) is 0 Å². The number of rotatable bonds is 3. The fourth-order valence-corrected chi connectivity index (χ4v) is 1.51. The lowest BCUT2D eigenvalue weighted by molar-refractivity contribution is -0.114. The Morgan fingerprint density at radius 1 is 1.40 bits per heavy atom. The Morgan fingerprint density at radius 3 is 2.60 bits per heavy atom. The maximum absolute atomic E-state index is 11.0. The van der Waals surface area contributed by atoms with Gasteiger partial charge in [-0.25, -0.2) is 0 Å². The van der Waals surface area contributed by atoms with Gasteiger partial charge in [-0.05, 0) is 32.6 Å². The van der Waals surface area contributed by atoms with Gasteiger partial charge in [-0.2, -0.15) is 0 Å². The van der Waals surface area contributed by atoms with E-state index in [0.717, 1.165) is 17.8 Å². The highest BCUT2D eigenvalue weighted by molar-refractivity contribution is 5.89. The molecule has 0 heterocycles. The van der Waals surface area contributed by atoms with E-state index in [1.54, 1.807) is 0 Å². The van der Waals surface area contributed by atoms with E-state index in [1.165, 1.54) is 12.5 Å². The summed E-state index contributed by atoms with van der Waals surface area (Å²) >= 11 is 0. The van der Waals surface area contributed by atoms with Crippen LogP contribution in [0.25, 0.3) is 0 Å². The van der Waals surface area contributed by atoms with Gasteiger partial charge in [0.05, 0.1) is 0 Å². The Morgan fingerprint density at radius 2 is 2.07 bits per heavy atom. The van der Waals surface area contributed by atoms with Gasteiger partial charge in [-0.1, -0.05) is 17.7 Å². The smallest absolute Gasteiger partial charge is 0.221 e. The van der Waals surface area contributed by atoms with Crippen molar-refractivity contribution >= 4 is 11.6 Å². The molecule has 1 aromatic carbocycles. The predicted molar refractivity (Wildman–Crippen MR) is 62.9 cm³/mol. The van der Waals surface area contributed by atoms with Gasteiger partial charge in [-0.3, -0.25) is 4.79 Å². The van der Waals surface area contributed by atoms with E-state index in [1.807, 2.05) is 26.2 Å². The molecule has 0 aromatic heterocycles. The molecule has 0 saturated heterocycles. The zero-order chi connectivity index (χ0) is 11.4. The summed E-state index contributed by atoms with van der Waals surface area (Å²) in [4.78, 5) is 13.1. The molecule has 82 valence electrons. The van der Waals surface area contributed by atoms with Gasteiger partial charge >= 0.3 is 0 Å². The van der Waals surface area contributed by atoms with Gasteiger partial charge in [-0.15, -0.1) is 0 Å². The van der Waals surface area contributed by atoms with Crippen molar-refractivity contribution in [1.82, 2.24) is 4.90 Å². The summed E-state index contributed by atoms with van der Waals surface area (Å²) in [5.74, 6) is -0.0288. The minimum absolute atomic E-state index is 0.0288. The zero-order valence-electron chi connectivity index (χ0n) is 9.79. The van der Waals surface area contributed by atoms with Gasteiger partial charge in [0, 0.05) is 19.2 Å². The fourth-order valence-electron chi connectivity index (χ4n) is 1.51. The van der Waals surface area contributed by atoms with Crippen LogP contribution in [0.3, 0.4) is 0 Å². The largest absolute Gasteiger partial charge is 0.326 e. The van der Waals surface area contributed by atoms with Crippen LogP contribution < -0.4 is 5.32 Å². The molecule has 1 aromatic rings. The molecule has 0 aliphatic heterocycles. The molecule has 0 fully saturated rings. The summed E-state index contributed by atoms with van der Waals surface area (Å²) in [7, 11) is 4.03. The highest BCUT2D eigenvalue weighted by Gasteiger charge is 2.05. The van der Waals surface area contributed by atoms with Crippen LogP contribution in [0, 0.1) is 6.92 Å². The van der Waals surface area contributed by atoms with Crippen molar-refractivity contribution in [1.29, 1.82) is 0 Å². The third-order valence-electron chi connectivity index (χ3n) is 2.06. The minimum atomic E-state index is -0.0288. The lowest BCUT2D eigenvalue weighted by atomic mass is 10.1. The van der Waals surface area contributed by atoms with E-state index in [-0.39, 0.29) is 5.91 Å². The molecule has 1 rings (SSSR count). The molecule has 0 radical (unpaired) electrons. The zero-order valence-corrected chi connectivity index (χ0v) is 9.79. The van der Waals surface area contributed by atoms with E-state index in [0.29, 0.717) is 0 Å². The Labute approximate surface area is 91.1 Å². The molecule has 0 bridgehead atoms. The number of nitrogens with zero attached hydrogens (tertiary/aromatic N) is 1. The van der Waals surface area contributed by atoms with E-state index < -0.39 is 0 Å². The molecule has 0 aliphatic rings. The molecule has 0 saturated carbocycles. The molecular weight excluding hydrogens is 188 g/mol. The summed E-state index contributed by atoms with van der Waals surface area (Å²) in [6.45, 7) is 4.41. The number of carbonyl (C=O) groups is 1. The molecule has 0 spiro atoms. The van der Waals surface area contributed by atoms with Crippen molar-refractivity contribution < 1.29 is 4.79 Å². The normalized spacial score (nSPS) is 10.5. The van der Waals surface area contributed by atoms with Gasteiger partial charge in [0.25, 0.3) is 0 Å². The van der Waals surface area contributed by atoms with Crippen LogP contribution in [0.4, 0.5) is 5.69 Å². The van der Waals surface area contributed by atoms with Crippen molar-refractivity contribution in [2.75, 3.05) is 19.4 Å². The van der Waals surface area contributed by atoms with Gasteiger partial charge < -0.3 is 10.2 Å². The first kappa shape index (κ1) is 11.7. The van der Waals surface area contributed by atoms with Crippen molar-refractivity contribution in [2.24, 2.45) is 0 Å². The average molecular weight is 206 g/mol. The van der Waals surface area contributed by atoms with Crippen molar-refractivity contribution in [3.8, 4) is 0 Å². The third kappa shape index (κ3) is 3.72. The Balaban J connectivity index is 2.97. The van der Waals surface area contributed by atoms with Crippen LogP contribution in [0.1, 0.15) is 18.1 Å². The van der Waals surface area contributed by atoms with Gasteiger partial charge in [0.15, 0.2) is 0 Å². The standard InChI is InChI=1S/C12H18N2O/c1-9-5-6-12(13-10(2)15)11(7-9)8-14(3)4/h5-7H,8H2,1-4H3,(H,13,15). The number of benzene rings is 1. The second-order valence-corrected chi connectivity index (χ2v) is 4.08. The van der Waals surface area contributed by atoms with E-state index in [9.17, 15) is 4.79 Å². The number of hydrogen-bond acceptors (Lipinski definition) is 2. The molecule has 15 heavy (non-hydrogen) atoms. The minimum Gasteiger partial charge on any atom is -0.326 e. The highest BCUT2D eigenvalue weighted by atomic mass is 16.1. The maximum Gasteiger partial charge on any atom is 0.221 e. The van der Waals surface area contributed by atoms with Gasteiger partial charge in [0.2, 0.25) is 5.91 Å². The van der Waals surface area contributed by atoms with Crippen LogP contribution in [-0.2, 0) is 11.3 Å². The summed E-state index contributed by atoms with van der Waals surface area (Å²) < 4.78 is 0. The topological polar surface area (TPSA) is 32.3 Å². The summed E-state index contributed by atoms with van der Waals surface area (Å²) in [5, 5.41) is 2.84. The number of hydrogen-bond donors (Lipinski definition) is 1. The first-order valence-electron chi connectivity index (χ1n) is 5.01. The van der Waals surface area contributed by atoms with Crippen LogP contribution in [0.5, 0.6) is 0 Å². The van der Waals surface area contributed by atoms with Gasteiger partial charge in [0.1, 0.15) is 0 Å². The molecular formula is C12H18N2O. The SMILES string of the molecule is CC(=O)Nc1ccc(C)cc1CN(C)C. The number of amides is 1. The predicted octanol–water partition coefficient (Wildman–Crippen LogP) is 2.02. The maximum atomic E-state index is 11.0. The number of aryl methyl sites for hydroxylation is 1. The number of anilines is 1. The lowest BCUT2D eigenvalue weighted by Gasteiger charge is -2.15. The summed E-state index contributed by atoms with van der Waals surface area (Å²) in [6, 6.07) is 6.06. The third-order valence-corrected chi connectivity index (χ3v) is 2.06. The van der Waals surface area contributed by atoms with Crippen LogP contribution in [-0.4, -0.2) is 24.9 Å². The molecule has 0 atom stereocenters. The Kier molecular flexibility index (Phi) is 3.86. The summed E-state index contributed by atoms with van der Waals surface area (Å²) in [5.41, 5.74) is 3.26. The average Bonchev–Trinajstić information content (AvgIpc) is 2.08. The Bertz CT molecular complexity index is 359. The van der Waals surface area contributed by atoms with Crippen LogP contribution in [0.15, 0.2) is 18.2 Å². The lowest BCUT2D eigenvalue weighted by Crippen LogP contribution is -2.14. The molecule has 3 heteroatoms. The first-order chi connectivity index (χ1) is 6.99. The number of nitrogens with one attached hydrogen (secondary N) is 1. The number of carbonyl (C=O) groups excluding carboxylic acids is 1.